The molecule has 82 valence electrons. The van der Waals surface area contributed by atoms with Gasteiger partial charge < -0.3 is 4.57 Å². The van der Waals surface area contributed by atoms with Gasteiger partial charge in [0.25, 0.3) is 5.56 Å². The highest BCUT2D eigenvalue weighted by atomic mass is 79.9. The molecule has 0 aliphatic heterocycles. The summed E-state index contributed by atoms with van der Waals surface area (Å²) in [6.07, 6.45) is 5.66. The van der Waals surface area contributed by atoms with Crippen LogP contribution in [0.2, 0.25) is 0 Å². The van der Waals surface area contributed by atoms with Crippen molar-refractivity contribution < 1.29 is 0 Å². The molecule has 0 unspecified atom stereocenters. The van der Waals surface area contributed by atoms with Crippen LogP contribution in [0.15, 0.2) is 16.9 Å². The Labute approximate surface area is 98.4 Å². The predicted octanol–water partition coefficient (Wildman–Crippen LogP) is 2.51. The number of aromatic nitrogens is 1. The lowest BCUT2D eigenvalue weighted by molar-refractivity contribution is 0.593. The number of hydrogen-bond donors (Lipinski definition) is 0. The van der Waals surface area contributed by atoms with Gasteiger partial charge >= 0.3 is 0 Å². The second kappa shape index (κ2) is 4.97. The first-order valence-electron chi connectivity index (χ1n) is 5.60. The number of fused-ring (bicyclic) bond motifs is 1. The average molecular weight is 270 g/mol. The molecule has 15 heavy (non-hydrogen) atoms. The van der Waals surface area contributed by atoms with Crippen LogP contribution in [0.5, 0.6) is 0 Å². The molecular formula is C12H16BrNO. The summed E-state index contributed by atoms with van der Waals surface area (Å²) in [6, 6.07) is 3.73. The Bertz CT molecular complexity index is 397. The third-order valence-electron chi connectivity index (χ3n) is 3.01. The highest BCUT2D eigenvalue weighted by Gasteiger charge is 2.14. The first kappa shape index (κ1) is 10.9. The number of rotatable bonds is 4. The third kappa shape index (κ3) is 2.33. The molecule has 0 aromatic carbocycles. The summed E-state index contributed by atoms with van der Waals surface area (Å²) in [5, 5.41) is 1.02. The topological polar surface area (TPSA) is 22.0 Å². The van der Waals surface area contributed by atoms with Gasteiger partial charge in [-0.15, -0.1) is 0 Å². The lowest BCUT2D eigenvalue weighted by atomic mass is 10.2. The van der Waals surface area contributed by atoms with Crippen molar-refractivity contribution in [1.29, 1.82) is 0 Å². The SMILES string of the molecule is O=c1ccc2c(n1CCCCBr)CCC2. The van der Waals surface area contributed by atoms with Gasteiger partial charge in [0.2, 0.25) is 0 Å². The van der Waals surface area contributed by atoms with E-state index in [1.54, 1.807) is 6.07 Å². The molecule has 1 aliphatic rings. The summed E-state index contributed by atoms with van der Waals surface area (Å²) in [6.45, 7) is 0.883. The quantitative estimate of drug-likeness (QED) is 0.608. The molecular weight excluding hydrogens is 254 g/mol. The second-order valence-corrected chi connectivity index (χ2v) is 4.84. The zero-order chi connectivity index (χ0) is 10.7. The Balaban J connectivity index is 2.21. The van der Waals surface area contributed by atoms with Crippen molar-refractivity contribution >= 4 is 15.9 Å². The second-order valence-electron chi connectivity index (χ2n) is 4.04. The van der Waals surface area contributed by atoms with E-state index in [4.69, 9.17) is 0 Å². The van der Waals surface area contributed by atoms with Crippen LogP contribution >= 0.6 is 15.9 Å². The number of aryl methyl sites for hydroxylation is 1. The Kier molecular flexibility index (Phi) is 3.62. The third-order valence-corrected chi connectivity index (χ3v) is 3.58. The van der Waals surface area contributed by atoms with Crippen LogP contribution in [0.1, 0.15) is 30.5 Å². The molecule has 3 heteroatoms. The van der Waals surface area contributed by atoms with Crippen LogP contribution in [0.3, 0.4) is 0 Å². The van der Waals surface area contributed by atoms with Gasteiger partial charge in [0.1, 0.15) is 0 Å². The molecule has 0 atom stereocenters. The van der Waals surface area contributed by atoms with E-state index in [0.717, 1.165) is 37.6 Å². The van der Waals surface area contributed by atoms with Gasteiger partial charge in [-0.2, -0.15) is 0 Å². The number of hydrogen-bond acceptors (Lipinski definition) is 1. The van der Waals surface area contributed by atoms with E-state index in [0.29, 0.717) is 0 Å². The van der Waals surface area contributed by atoms with E-state index in [-0.39, 0.29) is 5.56 Å². The molecule has 0 amide bonds. The minimum atomic E-state index is 0.172. The Morgan fingerprint density at radius 3 is 2.93 bits per heavy atom. The van der Waals surface area contributed by atoms with E-state index in [9.17, 15) is 4.79 Å². The highest BCUT2D eigenvalue weighted by molar-refractivity contribution is 9.09. The molecule has 0 saturated heterocycles. The minimum absolute atomic E-state index is 0.172. The van der Waals surface area contributed by atoms with Crippen molar-refractivity contribution in [3.63, 3.8) is 0 Å². The van der Waals surface area contributed by atoms with E-state index in [2.05, 4.69) is 15.9 Å². The Hall–Kier alpha value is -0.570. The predicted molar refractivity (Wildman–Crippen MR) is 65.8 cm³/mol. The molecule has 2 rings (SSSR count). The van der Waals surface area contributed by atoms with Gasteiger partial charge in [0.15, 0.2) is 0 Å². The van der Waals surface area contributed by atoms with Gasteiger partial charge in [-0.1, -0.05) is 22.0 Å². The zero-order valence-corrected chi connectivity index (χ0v) is 10.4. The van der Waals surface area contributed by atoms with Gasteiger partial charge in [0.05, 0.1) is 0 Å². The maximum absolute atomic E-state index is 11.7. The summed E-state index contributed by atoms with van der Waals surface area (Å²) in [7, 11) is 0. The summed E-state index contributed by atoms with van der Waals surface area (Å²) in [5.41, 5.74) is 2.84. The van der Waals surface area contributed by atoms with Gasteiger partial charge in [-0.05, 0) is 37.7 Å². The van der Waals surface area contributed by atoms with Crippen LogP contribution in [0.25, 0.3) is 0 Å². The van der Waals surface area contributed by atoms with Crippen LogP contribution < -0.4 is 5.56 Å². The van der Waals surface area contributed by atoms with E-state index < -0.39 is 0 Å². The minimum Gasteiger partial charge on any atom is -0.312 e. The number of pyridine rings is 1. The summed E-state index contributed by atoms with van der Waals surface area (Å²) >= 11 is 3.42. The molecule has 1 aromatic rings. The van der Waals surface area contributed by atoms with Crippen molar-refractivity contribution in [2.75, 3.05) is 5.33 Å². The van der Waals surface area contributed by atoms with E-state index >= 15 is 0 Å². The molecule has 1 heterocycles. The number of halogens is 1. The van der Waals surface area contributed by atoms with Gasteiger partial charge in [-0.3, -0.25) is 4.79 Å². The normalized spacial score (nSPS) is 14.2. The molecule has 1 aliphatic carbocycles. The Morgan fingerprint density at radius 2 is 2.13 bits per heavy atom. The fourth-order valence-corrected chi connectivity index (χ4v) is 2.64. The van der Waals surface area contributed by atoms with Gasteiger partial charge in [0, 0.05) is 23.6 Å². The zero-order valence-electron chi connectivity index (χ0n) is 8.84. The smallest absolute Gasteiger partial charge is 0.250 e. The summed E-state index contributed by atoms with van der Waals surface area (Å²) in [5.74, 6) is 0. The van der Waals surface area contributed by atoms with Crippen molar-refractivity contribution in [3.05, 3.63) is 33.7 Å². The van der Waals surface area contributed by atoms with E-state index in [1.807, 2.05) is 10.6 Å². The molecule has 0 fully saturated rings. The standard InChI is InChI=1S/C12H16BrNO/c13-8-1-2-9-14-11-5-3-4-10(11)6-7-12(14)15/h6-7H,1-5,8-9H2. The van der Waals surface area contributed by atoms with Crippen molar-refractivity contribution in [3.8, 4) is 0 Å². The molecule has 2 nitrogen and oxygen atoms in total. The summed E-state index contributed by atoms with van der Waals surface area (Å²) < 4.78 is 1.98. The van der Waals surface area contributed by atoms with E-state index in [1.165, 1.54) is 17.7 Å². The maximum atomic E-state index is 11.7. The van der Waals surface area contributed by atoms with Crippen molar-refractivity contribution in [2.24, 2.45) is 0 Å². The first-order valence-corrected chi connectivity index (χ1v) is 6.72. The largest absolute Gasteiger partial charge is 0.312 e. The molecule has 0 N–H and O–H groups in total. The van der Waals surface area contributed by atoms with Crippen LogP contribution in [-0.4, -0.2) is 9.90 Å². The van der Waals surface area contributed by atoms with Crippen molar-refractivity contribution in [1.82, 2.24) is 4.57 Å². The average Bonchev–Trinajstić information content (AvgIpc) is 2.69. The maximum Gasteiger partial charge on any atom is 0.250 e. The number of alkyl halides is 1. The lowest BCUT2D eigenvalue weighted by Crippen LogP contribution is -2.22. The van der Waals surface area contributed by atoms with Crippen LogP contribution in [0, 0.1) is 0 Å². The number of unbranched alkanes of at least 4 members (excludes halogenated alkanes) is 1. The molecule has 0 radical (unpaired) electrons. The van der Waals surface area contributed by atoms with Crippen LogP contribution in [0.4, 0.5) is 0 Å². The first-order chi connectivity index (χ1) is 7.33. The number of nitrogens with zero attached hydrogens (tertiary/aromatic N) is 1. The highest BCUT2D eigenvalue weighted by Crippen LogP contribution is 2.20. The summed E-state index contributed by atoms with van der Waals surface area (Å²) in [4.78, 5) is 11.7. The molecule has 0 spiro atoms. The van der Waals surface area contributed by atoms with Gasteiger partial charge in [-0.25, -0.2) is 0 Å². The fourth-order valence-electron chi connectivity index (χ4n) is 2.24. The molecule has 0 saturated carbocycles. The van der Waals surface area contributed by atoms with Crippen molar-refractivity contribution in [2.45, 2.75) is 38.6 Å². The van der Waals surface area contributed by atoms with Crippen LogP contribution in [-0.2, 0) is 19.4 Å². The molecule has 0 bridgehead atoms. The monoisotopic (exact) mass is 269 g/mol. The lowest BCUT2D eigenvalue weighted by Gasteiger charge is -2.11. The Morgan fingerprint density at radius 1 is 1.27 bits per heavy atom. The molecule has 1 aromatic heterocycles. The fraction of sp³-hybridized carbons (Fsp3) is 0.583.